The molecule has 8 heteroatoms. The van der Waals surface area contributed by atoms with Gasteiger partial charge in [0, 0.05) is 10.9 Å². The molecule has 0 amide bonds. The van der Waals surface area contributed by atoms with Crippen LogP contribution in [0.4, 0.5) is 5.95 Å². The summed E-state index contributed by atoms with van der Waals surface area (Å²) in [5.41, 5.74) is 6.83. The van der Waals surface area contributed by atoms with E-state index in [-0.39, 0.29) is 11.5 Å². The van der Waals surface area contributed by atoms with Crippen LogP contribution < -0.4 is 11.3 Å². The van der Waals surface area contributed by atoms with Crippen molar-refractivity contribution in [3.63, 3.8) is 0 Å². The van der Waals surface area contributed by atoms with Gasteiger partial charge in [-0.3, -0.25) is 9.78 Å². The normalized spacial score (nSPS) is 11.2. The summed E-state index contributed by atoms with van der Waals surface area (Å²) in [7, 11) is 0. The minimum atomic E-state index is -0.304. The molecule has 18 heavy (non-hydrogen) atoms. The highest BCUT2D eigenvalue weighted by Crippen LogP contribution is 2.22. The Balaban J connectivity index is 2.14. The van der Waals surface area contributed by atoms with Crippen LogP contribution in [0, 0.1) is 0 Å². The Morgan fingerprint density at radius 2 is 2.33 bits per heavy atom. The third kappa shape index (κ3) is 1.77. The molecule has 3 rings (SSSR count). The first-order valence-electron chi connectivity index (χ1n) is 5.06. The van der Waals surface area contributed by atoms with E-state index in [1.807, 2.05) is 10.8 Å². The number of nitrogens with zero attached hydrogens (tertiary/aromatic N) is 3. The Bertz CT molecular complexity index is 774. The number of halogens is 1. The van der Waals surface area contributed by atoms with Crippen molar-refractivity contribution in [1.82, 2.24) is 19.5 Å². The van der Waals surface area contributed by atoms with Crippen LogP contribution >= 0.6 is 22.9 Å². The van der Waals surface area contributed by atoms with Gasteiger partial charge >= 0.3 is 0 Å². The summed E-state index contributed by atoms with van der Waals surface area (Å²) in [4.78, 5) is 22.3. The molecule has 0 atom stereocenters. The third-order valence-corrected chi connectivity index (χ3v) is 3.80. The maximum absolute atomic E-state index is 11.8. The second-order valence-corrected chi connectivity index (χ2v) is 4.89. The highest BCUT2D eigenvalue weighted by molar-refractivity contribution is 7.08. The predicted octanol–water partition coefficient (Wildman–Crippen LogP) is 1.46. The minimum Gasteiger partial charge on any atom is -0.369 e. The zero-order chi connectivity index (χ0) is 12.7. The van der Waals surface area contributed by atoms with Crippen LogP contribution in [0.5, 0.6) is 0 Å². The highest BCUT2D eigenvalue weighted by Gasteiger charge is 2.11. The van der Waals surface area contributed by atoms with Gasteiger partial charge in [-0.05, 0) is 5.38 Å². The topological polar surface area (TPSA) is 89.6 Å². The van der Waals surface area contributed by atoms with Crippen molar-refractivity contribution in [2.24, 2.45) is 0 Å². The zero-order valence-corrected chi connectivity index (χ0v) is 10.6. The van der Waals surface area contributed by atoms with Crippen molar-refractivity contribution < 1.29 is 0 Å². The monoisotopic (exact) mass is 281 g/mol. The zero-order valence-electron chi connectivity index (χ0n) is 9.05. The van der Waals surface area contributed by atoms with E-state index in [2.05, 4.69) is 15.0 Å². The van der Waals surface area contributed by atoms with Crippen LogP contribution in [0.1, 0.15) is 5.56 Å². The molecule has 0 saturated carbocycles. The molecule has 3 aromatic rings. The van der Waals surface area contributed by atoms with Gasteiger partial charge < -0.3 is 10.3 Å². The molecule has 0 aromatic carbocycles. The minimum absolute atomic E-state index is 0.0614. The highest BCUT2D eigenvalue weighted by atomic mass is 35.5. The number of nitrogens with one attached hydrogen (secondary N) is 1. The van der Waals surface area contributed by atoms with Gasteiger partial charge in [-0.2, -0.15) is 16.3 Å². The van der Waals surface area contributed by atoms with Gasteiger partial charge in [0.1, 0.15) is 0 Å². The van der Waals surface area contributed by atoms with Crippen LogP contribution in [0.3, 0.4) is 0 Å². The molecule has 0 aliphatic rings. The van der Waals surface area contributed by atoms with Crippen molar-refractivity contribution in [3.8, 4) is 0 Å². The van der Waals surface area contributed by atoms with Gasteiger partial charge in [0.2, 0.25) is 5.95 Å². The molecule has 0 radical (unpaired) electrons. The molecular formula is C10H8ClN5OS. The second-order valence-electron chi connectivity index (χ2n) is 3.74. The largest absolute Gasteiger partial charge is 0.369 e. The van der Waals surface area contributed by atoms with E-state index in [0.29, 0.717) is 22.7 Å². The molecule has 3 aromatic heterocycles. The number of fused-ring (bicyclic) bond motifs is 1. The third-order valence-electron chi connectivity index (χ3n) is 2.53. The summed E-state index contributed by atoms with van der Waals surface area (Å²) in [6.45, 7) is 0.480. The van der Waals surface area contributed by atoms with Crippen molar-refractivity contribution in [1.29, 1.82) is 0 Å². The molecule has 0 spiro atoms. The number of hydrogen-bond donors (Lipinski definition) is 2. The Hall–Kier alpha value is -1.86. The number of thiophene rings is 1. The standard InChI is InChI=1S/C10H8ClN5OS/c11-6-3-18-2-5(6)1-16-4-13-8-7(16)9(17)15-10(12)14-8/h2-4H,1H2,(H3,12,14,15,17). The summed E-state index contributed by atoms with van der Waals surface area (Å²) in [5.74, 6) is 0.0614. The van der Waals surface area contributed by atoms with Crippen molar-refractivity contribution in [2.75, 3.05) is 5.73 Å². The molecular weight excluding hydrogens is 274 g/mol. The molecule has 92 valence electrons. The summed E-state index contributed by atoms with van der Waals surface area (Å²) < 4.78 is 1.70. The summed E-state index contributed by atoms with van der Waals surface area (Å²) in [6, 6.07) is 0. The number of nitrogen functional groups attached to an aromatic ring is 1. The molecule has 3 heterocycles. The van der Waals surface area contributed by atoms with Gasteiger partial charge in [-0.1, -0.05) is 11.6 Å². The van der Waals surface area contributed by atoms with E-state index in [9.17, 15) is 4.79 Å². The van der Waals surface area contributed by atoms with E-state index in [0.717, 1.165) is 5.56 Å². The Labute approximate surface area is 110 Å². The number of hydrogen-bond acceptors (Lipinski definition) is 5. The van der Waals surface area contributed by atoms with Gasteiger partial charge in [0.05, 0.1) is 17.9 Å². The summed E-state index contributed by atoms with van der Waals surface area (Å²) >= 11 is 7.54. The first-order valence-corrected chi connectivity index (χ1v) is 6.38. The van der Waals surface area contributed by atoms with E-state index < -0.39 is 0 Å². The molecule has 0 aliphatic carbocycles. The first-order chi connectivity index (χ1) is 8.65. The predicted molar refractivity (Wildman–Crippen MR) is 71.0 cm³/mol. The van der Waals surface area contributed by atoms with E-state index in [4.69, 9.17) is 17.3 Å². The number of anilines is 1. The smallest absolute Gasteiger partial charge is 0.278 e. The lowest BCUT2D eigenvalue weighted by Gasteiger charge is -2.02. The number of rotatable bonds is 2. The Morgan fingerprint density at radius 1 is 1.50 bits per heavy atom. The maximum Gasteiger partial charge on any atom is 0.278 e. The van der Waals surface area contributed by atoms with Crippen LogP contribution in [0.25, 0.3) is 11.2 Å². The molecule has 3 N–H and O–H groups in total. The molecule has 6 nitrogen and oxygen atoms in total. The van der Waals surface area contributed by atoms with E-state index in [1.165, 1.54) is 11.3 Å². The molecule has 0 aliphatic heterocycles. The maximum atomic E-state index is 11.8. The first kappa shape index (κ1) is 11.2. The molecule has 0 fully saturated rings. The van der Waals surface area contributed by atoms with E-state index >= 15 is 0 Å². The molecule has 0 unspecified atom stereocenters. The van der Waals surface area contributed by atoms with E-state index in [1.54, 1.807) is 10.9 Å². The van der Waals surface area contributed by atoms with Crippen molar-refractivity contribution in [3.05, 3.63) is 38.0 Å². The van der Waals surface area contributed by atoms with Gasteiger partial charge in [0.15, 0.2) is 11.2 Å². The lowest BCUT2D eigenvalue weighted by Crippen LogP contribution is -2.14. The quantitative estimate of drug-likeness (QED) is 0.744. The lowest BCUT2D eigenvalue weighted by molar-refractivity contribution is 0.823. The van der Waals surface area contributed by atoms with Crippen LogP contribution in [0.2, 0.25) is 5.02 Å². The van der Waals surface area contributed by atoms with Crippen LogP contribution in [-0.2, 0) is 6.54 Å². The van der Waals surface area contributed by atoms with Gasteiger partial charge in [0.25, 0.3) is 5.56 Å². The number of imidazole rings is 1. The fraction of sp³-hybridized carbons (Fsp3) is 0.100. The Kier molecular flexibility index (Phi) is 2.57. The number of aromatic nitrogens is 4. The summed E-state index contributed by atoms with van der Waals surface area (Å²) in [5, 5.41) is 4.46. The van der Waals surface area contributed by atoms with Crippen molar-refractivity contribution in [2.45, 2.75) is 6.54 Å². The average molecular weight is 282 g/mol. The fourth-order valence-electron chi connectivity index (χ4n) is 1.73. The number of aromatic amines is 1. The number of H-pyrrole nitrogens is 1. The lowest BCUT2D eigenvalue weighted by atomic mass is 10.3. The second kappa shape index (κ2) is 4.11. The van der Waals surface area contributed by atoms with Gasteiger partial charge in [-0.15, -0.1) is 0 Å². The SMILES string of the molecule is Nc1nc2ncn(Cc3cscc3Cl)c2c(=O)[nH]1. The molecule has 0 saturated heterocycles. The van der Waals surface area contributed by atoms with Crippen LogP contribution in [0.15, 0.2) is 21.9 Å². The van der Waals surface area contributed by atoms with Gasteiger partial charge in [-0.25, -0.2) is 4.98 Å². The van der Waals surface area contributed by atoms with Crippen LogP contribution in [-0.4, -0.2) is 19.5 Å². The Morgan fingerprint density at radius 3 is 3.06 bits per heavy atom. The summed E-state index contributed by atoms with van der Waals surface area (Å²) in [6.07, 6.45) is 1.56. The van der Waals surface area contributed by atoms with Crippen molar-refractivity contribution >= 4 is 40.0 Å². The average Bonchev–Trinajstić information content (AvgIpc) is 2.87. The molecule has 0 bridgehead atoms. The number of nitrogens with two attached hydrogens (primary N) is 1. The fourth-order valence-corrected chi connectivity index (χ4v) is 2.77.